The molecule has 1 heterocycles. The molecule has 0 saturated carbocycles. The molecule has 5 nitrogen and oxygen atoms in total. The van der Waals surface area contributed by atoms with Crippen LogP contribution in [0.25, 0.3) is 0 Å². The van der Waals surface area contributed by atoms with Crippen molar-refractivity contribution in [2.45, 2.75) is 32.6 Å². The Morgan fingerprint density at radius 2 is 1.77 bits per heavy atom. The standard InChI is InChI=1S/C24H23ClN2O3/c1-15-11-20(25)7-8-21(15)24(19-5-3-17(4-6-19)14-23(28)29)22(27-30)13-18-9-10-26-16(2)12-18/h3-12,24,30H,13-14H2,1-2H3,(H,28,29)/b27-22+/t24-/m1/s1. The molecule has 0 aliphatic heterocycles. The first kappa shape index (κ1) is 21.5. The van der Waals surface area contributed by atoms with E-state index in [-0.39, 0.29) is 12.3 Å². The molecular weight excluding hydrogens is 400 g/mol. The molecule has 154 valence electrons. The third-order valence-electron chi connectivity index (χ3n) is 5.02. The number of aliphatic carboxylic acids is 1. The van der Waals surface area contributed by atoms with Gasteiger partial charge in [-0.2, -0.15) is 0 Å². The van der Waals surface area contributed by atoms with E-state index in [0.29, 0.717) is 22.7 Å². The molecule has 2 aromatic carbocycles. The monoisotopic (exact) mass is 422 g/mol. The minimum Gasteiger partial charge on any atom is -0.481 e. The van der Waals surface area contributed by atoms with Crippen molar-refractivity contribution in [2.24, 2.45) is 5.16 Å². The predicted molar refractivity (Wildman–Crippen MR) is 118 cm³/mol. The summed E-state index contributed by atoms with van der Waals surface area (Å²) >= 11 is 6.16. The van der Waals surface area contributed by atoms with E-state index in [0.717, 1.165) is 27.9 Å². The molecule has 0 fully saturated rings. The van der Waals surface area contributed by atoms with E-state index in [9.17, 15) is 10.0 Å². The summed E-state index contributed by atoms with van der Waals surface area (Å²) in [6, 6.07) is 16.9. The number of oxime groups is 1. The summed E-state index contributed by atoms with van der Waals surface area (Å²) in [5.74, 6) is -1.18. The maximum absolute atomic E-state index is 11.0. The highest BCUT2D eigenvalue weighted by atomic mass is 35.5. The summed E-state index contributed by atoms with van der Waals surface area (Å²) in [4.78, 5) is 15.2. The van der Waals surface area contributed by atoms with Gasteiger partial charge in [-0.25, -0.2) is 0 Å². The Morgan fingerprint density at radius 1 is 1.03 bits per heavy atom. The number of halogens is 1. The van der Waals surface area contributed by atoms with Crippen LogP contribution in [0, 0.1) is 13.8 Å². The lowest BCUT2D eigenvalue weighted by molar-refractivity contribution is -0.136. The molecule has 0 bridgehead atoms. The van der Waals surface area contributed by atoms with Crippen molar-refractivity contribution in [3.63, 3.8) is 0 Å². The van der Waals surface area contributed by atoms with Crippen LogP contribution >= 0.6 is 11.6 Å². The topological polar surface area (TPSA) is 82.8 Å². The third kappa shape index (κ3) is 5.24. The van der Waals surface area contributed by atoms with Crippen LogP contribution in [0.3, 0.4) is 0 Å². The van der Waals surface area contributed by atoms with Gasteiger partial charge in [0, 0.05) is 23.3 Å². The number of carboxylic acids is 1. The lowest BCUT2D eigenvalue weighted by Crippen LogP contribution is -2.18. The molecule has 3 rings (SSSR count). The van der Waals surface area contributed by atoms with Gasteiger partial charge in [-0.15, -0.1) is 0 Å². The van der Waals surface area contributed by atoms with Gasteiger partial charge in [-0.1, -0.05) is 47.1 Å². The van der Waals surface area contributed by atoms with E-state index in [2.05, 4.69) is 10.1 Å². The SMILES string of the molecule is Cc1cc(C/C(=N\O)[C@H](c2ccc(CC(=O)O)cc2)c2ccc(Cl)cc2C)ccn1. The molecule has 0 radical (unpaired) electrons. The number of hydrogen-bond donors (Lipinski definition) is 2. The zero-order chi connectivity index (χ0) is 21.7. The second-order valence-electron chi connectivity index (χ2n) is 7.32. The molecule has 0 spiro atoms. The van der Waals surface area contributed by atoms with Gasteiger partial charge in [0.25, 0.3) is 0 Å². The molecule has 0 unspecified atom stereocenters. The number of rotatable bonds is 7. The summed E-state index contributed by atoms with van der Waals surface area (Å²) in [7, 11) is 0. The van der Waals surface area contributed by atoms with Gasteiger partial charge >= 0.3 is 5.97 Å². The average molecular weight is 423 g/mol. The fourth-order valence-corrected chi connectivity index (χ4v) is 3.86. The van der Waals surface area contributed by atoms with Gasteiger partial charge in [-0.05, 0) is 65.9 Å². The predicted octanol–water partition coefficient (Wildman–Crippen LogP) is 5.18. The molecular formula is C24H23ClN2O3. The quantitative estimate of drug-likeness (QED) is 0.312. The van der Waals surface area contributed by atoms with Gasteiger partial charge in [0.2, 0.25) is 0 Å². The van der Waals surface area contributed by atoms with Gasteiger partial charge in [0.05, 0.1) is 18.1 Å². The van der Waals surface area contributed by atoms with Crippen molar-refractivity contribution in [3.05, 3.63) is 99.3 Å². The van der Waals surface area contributed by atoms with Crippen LogP contribution in [0.1, 0.15) is 39.4 Å². The van der Waals surface area contributed by atoms with Crippen LogP contribution in [0.4, 0.5) is 0 Å². The molecule has 0 saturated heterocycles. The fourth-order valence-electron chi connectivity index (χ4n) is 3.64. The van der Waals surface area contributed by atoms with Crippen LogP contribution < -0.4 is 0 Å². The number of aromatic nitrogens is 1. The third-order valence-corrected chi connectivity index (χ3v) is 5.25. The highest BCUT2D eigenvalue weighted by molar-refractivity contribution is 6.30. The van der Waals surface area contributed by atoms with Crippen molar-refractivity contribution in [1.29, 1.82) is 0 Å². The summed E-state index contributed by atoms with van der Waals surface area (Å²) in [6.07, 6.45) is 2.15. The first-order valence-electron chi connectivity index (χ1n) is 9.56. The first-order valence-corrected chi connectivity index (χ1v) is 9.94. The number of benzene rings is 2. The van der Waals surface area contributed by atoms with E-state index >= 15 is 0 Å². The van der Waals surface area contributed by atoms with E-state index in [4.69, 9.17) is 16.7 Å². The molecule has 0 aliphatic carbocycles. The van der Waals surface area contributed by atoms with Crippen LogP contribution in [0.15, 0.2) is 65.9 Å². The molecule has 30 heavy (non-hydrogen) atoms. The van der Waals surface area contributed by atoms with Crippen LogP contribution in [0.2, 0.25) is 5.02 Å². The highest BCUT2D eigenvalue weighted by Gasteiger charge is 2.24. The number of aryl methyl sites for hydroxylation is 2. The lowest BCUT2D eigenvalue weighted by atomic mass is 9.82. The van der Waals surface area contributed by atoms with E-state index < -0.39 is 5.97 Å². The molecule has 2 N–H and O–H groups in total. The normalized spacial score (nSPS) is 12.6. The Hall–Kier alpha value is -3.18. The molecule has 1 atom stereocenters. The molecule has 0 amide bonds. The molecule has 0 aliphatic rings. The number of carbonyl (C=O) groups is 1. The van der Waals surface area contributed by atoms with Crippen molar-refractivity contribution in [2.75, 3.05) is 0 Å². The van der Waals surface area contributed by atoms with Gasteiger partial charge in [-0.3, -0.25) is 9.78 Å². The second kappa shape index (κ2) is 9.55. The van der Waals surface area contributed by atoms with Crippen LogP contribution in [-0.2, 0) is 17.6 Å². The second-order valence-corrected chi connectivity index (χ2v) is 7.76. The zero-order valence-electron chi connectivity index (χ0n) is 16.8. The Balaban J connectivity index is 2.05. The fraction of sp³-hybridized carbons (Fsp3) is 0.208. The Bertz CT molecular complexity index is 1080. The Kier molecular flexibility index (Phi) is 6.85. The summed E-state index contributed by atoms with van der Waals surface area (Å²) in [5.41, 5.74) is 6.05. The number of hydrogen-bond acceptors (Lipinski definition) is 4. The van der Waals surface area contributed by atoms with E-state index in [1.54, 1.807) is 18.3 Å². The zero-order valence-corrected chi connectivity index (χ0v) is 17.6. The maximum Gasteiger partial charge on any atom is 0.307 e. The smallest absolute Gasteiger partial charge is 0.307 e. The average Bonchev–Trinajstić information content (AvgIpc) is 2.69. The van der Waals surface area contributed by atoms with Crippen LogP contribution in [-0.4, -0.2) is 27.0 Å². The van der Waals surface area contributed by atoms with Gasteiger partial charge in [0.1, 0.15) is 0 Å². The Labute approximate surface area is 180 Å². The molecule has 6 heteroatoms. The van der Waals surface area contributed by atoms with Crippen molar-refractivity contribution in [1.82, 2.24) is 4.98 Å². The number of carboxylic acid groups (broad SMARTS) is 1. The largest absolute Gasteiger partial charge is 0.481 e. The summed E-state index contributed by atoms with van der Waals surface area (Å²) < 4.78 is 0. The molecule has 3 aromatic rings. The van der Waals surface area contributed by atoms with E-state index in [1.165, 1.54) is 0 Å². The summed E-state index contributed by atoms with van der Waals surface area (Å²) in [6.45, 7) is 3.89. The minimum atomic E-state index is -0.876. The highest BCUT2D eigenvalue weighted by Crippen LogP contribution is 2.32. The van der Waals surface area contributed by atoms with Gasteiger partial charge < -0.3 is 10.3 Å². The van der Waals surface area contributed by atoms with Gasteiger partial charge in [0.15, 0.2) is 0 Å². The Morgan fingerprint density at radius 3 is 2.37 bits per heavy atom. The van der Waals surface area contributed by atoms with Crippen molar-refractivity contribution >= 4 is 23.3 Å². The first-order chi connectivity index (χ1) is 14.4. The van der Waals surface area contributed by atoms with Crippen molar-refractivity contribution in [3.8, 4) is 0 Å². The van der Waals surface area contributed by atoms with E-state index in [1.807, 2.05) is 56.3 Å². The summed E-state index contributed by atoms with van der Waals surface area (Å²) in [5, 5.41) is 23.3. The lowest BCUT2D eigenvalue weighted by Gasteiger charge is -2.22. The number of pyridine rings is 1. The number of nitrogens with zero attached hydrogens (tertiary/aromatic N) is 2. The minimum absolute atomic E-state index is 0.0395. The van der Waals surface area contributed by atoms with Crippen molar-refractivity contribution < 1.29 is 15.1 Å². The van der Waals surface area contributed by atoms with Crippen LogP contribution in [0.5, 0.6) is 0 Å². The maximum atomic E-state index is 11.0. The molecule has 1 aromatic heterocycles.